The summed E-state index contributed by atoms with van der Waals surface area (Å²) in [4.78, 5) is 15.6. The second kappa shape index (κ2) is 5.32. The Bertz CT molecular complexity index is 632. The molecule has 0 bridgehead atoms. The van der Waals surface area contributed by atoms with Crippen LogP contribution in [0.1, 0.15) is 0 Å². The third-order valence-electron chi connectivity index (χ3n) is 3.49. The van der Waals surface area contributed by atoms with Gasteiger partial charge in [0.25, 0.3) is 5.56 Å². The molecule has 0 aliphatic carbocycles. The number of rotatable bonds is 2. The van der Waals surface area contributed by atoms with Crippen LogP contribution in [0.2, 0.25) is 0 Å². The smallest absolute Gasteiger partial charge is 0.266 e. The number of anilines is 2. The number of benzene rings is 1. The molecule has 2 aromatic rings. The Kier molecular flexibility index (Phi) is 3.37. The molecule has 1 fully saturated rings. The van der Waals surface area contributed by atoms with Crippen LogP contribution in [0.4, 0.5) is 15.8 Å². The van der Waals surface area contributed by atoms with Crippen LogP contribution in [0.15, 0.2) is 41.3 Å². The summed E-state index contributed by atoms with van der Waals surface area (Å²) < 4.78 is 12.9. The van der Waals surface area contributed by atoms with E-state index in [4.69, 9.17) is 0 Å². The molecule has 20 heavy (non-hydrogen) atoms. The summed E-state index contributed by atoms with van der Waals surface area (Å²) in [5.41, 5.74) is 1.67. The van der Waals surface area contributed by atoms with Gasteiger partial charge in [-0.1, -0.05) is 0 Å². The zero-order valence-corrected chi connectivity index (χ0v) is 10.9. The molecule has 2 heterocycles. The highest BCUT2D eigenvalue weighted by Crippen LogP contribution is 2.19. The van der Waals surface area contributed by atoms with Gasteiger partial charge < -0.3 is 9.80 Å². The van der Waals surface area contributed by atoms with E-state index in [-0.39, 0.29) is 11.4 Å². The lowest BCUT2D eigenvalue weighted by molar-refractivity contribution is 0.624. The van der Waals surface area contributed by atoms with E-state index in [9.17, 15) is 9.18 Å². The first-order valence-electron chi connectivity index (χ1n) is 6.52. The summed E-state index contributed by atoms with van der Waals surface area (Å²) in [5, 5.41) is 6.18. The van der Waals surface area contributed by atoms with Crippen molar-refractivity contribution in [3.05, 3.63) is 52.7 Å². The van der Waals surface area contributed by atoms with E-state index in [1.807, 2.05) is 0 Å². The molecular formula is C14H15FN4O. The molecule has 1 saturated heterocycles. The van der Waals surface area contributed by atoms with Gasteiger partial charge in [0.05, 0.1) is 11.9 Å². The summed E-state index contributed by atoms with van der Waals surface area (Å²) in [6.07, 6.45) is 1.66. The third kappa shape index (κ3) is 2.64. The van der Waals surface area contributed by atoms with Crippen LogP contribution in [-0.2, 0) is 0 Å². The molecule has 0 unspecified atom stereocenters. The molecule has 104 valence electrons. The predicted molar refractivity (Wildman–Crippen MR) is 75.7 cm³/mol. The van der Waals surface area contributed by atoms with Crippen molar-refractivity contribution in [3.63, 3.8) is 0 Å². The van der Waals surface area contributed by atoms with E-state index < -0.39 is 0 Å². The molecular weight excluding hydrogens is 259 g/mol. The number of piperazine rings is 1. The molecule has 5 nitrogen and oxygen atoms in total. The zero-order chi connectivity index (χ0) is 13.9. The summed E-state index contributed by atoms with van der Waals surface area (Å²) in [6, 6.07) is 8.09. The maximum Gasteiger partial charge on any atom is 0.266 e. The minimum Gasteiger partial charge on any atom is -0.368 e. The van der Waals surface area contributed by atoms with Crippen molar-refractivity contribution in [2.24, 2.45) is 0 Å². The first-order valence-corrected chi connectivity index (χ1v) is 6.52. The van der Waals surface area contributed by atoms with Gasteiger partial charge in [0.15, 0.2) is 0 Å². The molecule has 0 radical (unpaired) electrons. The topological polar surface area (TPSA) is 52.2 Å². The molecule has 3 rings (SSSR count). The number of halogens is 1. The number of aromatic amines is 1. The second-order valence-electron chi connectivity index (χ2n) is 4.75. The maximum absolute atomic E-state index is 12.9. The summed E-state index contributed by atoms with van der Waals surface area (Å²) in [7, 11) is 0. The highest BCUT2D eigenvalue weighted by atomic mass is 19.1. The Labute approximate surface area is 115 Å². The second-order valence-corrected chi connectivity index (χ2v) is 4.75. The SMILES string of the molecule is O=c1cc(N2CCN(c3ccc(F)cc3)CC2)cn[nH]1. The zero-order valence-electron chi connectivity index (χ0n) is 10.9. The molecule has 0 saturated carbocycles. The number of hydrogen-bond acceptors (Lipinski definition) is 4. The van der Waals surface area contributed by atoms with E-state index in [0.717, 1.165) is 37.6 Å². The Hall–Kier alpha value is -2.37. The minimum absolute atomic E-state index is 0.191. The molecule has 6 heteroatoms. The number of hydrogen-bond donors (Lipinski definition) is 1. The Morgan fingerprint density at radius 3 is 2.20 bits per heavy atom. The lowest BCUT2D eigenvalue weighted by Gasteiger charge is -2.37. The maximum atomic E-state index is 12.9. The summed E-state index contributed by atoms with van der Waals surface area (Å²) in [6.45, 7) is 3.28. The van der Waals surface area contributed by atoms with Gasteiger partial charge in [0, 0.05) is 37.9 Å². The third-order valence-corrected chi connectivity index (χ3v) is 3.49. The molecule has 1 aliphatic rings. The van der Waals surface area contributed by atoms with Crippen molar-refractivity contribution in [2.45, 2.75) is 0 Å². The van der Waals surface area contributed by atoms with Crippen molar-refractivity contribution in [1.29, 1.82) is 0 Å². The Balaban J connectivity index is 1.67. The van der Waals surface area contributed by atoms with Crippen LogP contribution >= 0.6 is 0 Å². The molecule has 0 atom stereocenters. The fraction of sp³-hybridized carbons (Fsp3) is 0.286. The summed E-state index contributed by atoms with van der Waals surface area (Å²) in [5.74, 6) is -0.220. The van der Waals surface area contributed by atoms with E-state index in [1.165, 1.54) is 12.1 Å². The fourth-order valence-corrected chi connectivity index (χ4v) is 2.41. The molecule has 1 aliphatic heterocycles. The Morgan fingerprint density at radius 2 is 1.60 bits per heavy atom. The van der Waals surface area contributed by atoms with Gasteiger partial charge in [0.2, 0.25) is 0 Å². The Morgan fingerprint density at radius 1 is 1.00 bits per heavy atom. The average Bonchev–Trinajstić information content (AvgIpc) is 2.48. The van der Waals surface area contributed by atoms with Crippen LogP contribution in [0, 0.1) is 5.82 Å². The fourth-order valence-electron chi connectivity index (χ4n) is 2.41. The minimum atomic E-state index is -0.220. The van der Waals surface area contributed by atoms with Gasteiger partial charge >= 0.3 is 0 Å². The first-order chi connectivity index (χ1) is 9.72. The van der Waals surface area contributed by atoms with E-state index >= 15 is 0 Å². The van der Waals surface area contributed by atoms with E-state index in [2.05, 4.69) is 20.0 Å². The van der Waals surface area contributed by atoms with Crippen LogP contribution in [0.3, 0.4) is 0 Å². The highest BCUT2D eigenvalue weighted by Gasteiger charge is 2.17. The standard InChI is InChI=1S/C14H15FN4O/c15-11-1-3-12(4-2-11)18-5-7-19(8-6-18)13-9-14(20)17-16-10-13/h1-4,9-10H,5-8H2,(H,17,20). The van der Waals surface area contributed by atoms with Gasteiger partial charge in [-0.05, 0) is 24.3 Å². The number of H-pyrrole nitrogens is 1. The molecule has 1 aromatic heterocycles. The lowest BCUT2D eigenvalue weighted by atomic mass is 10.2. The van der Waals surface area contributed by atoms with Crippen LogP contribution in [0.25, 0.3) is 0 Å². The van der Waals surface area contributed by atoms with Crippen LogP contribution in [-0.4, -0.2) is 36.4 Å². The number of aromatic nitrogens is 2. The monoisotopic (exact) mass is 274 g/mol. The quantitative estimate of drug-likeness (QED) is 0.895. The van der Waals surface area contributed by atoms with Crippen molar-refractivity contribution < 1.29 is 4.39 Å². The van der Waals surface area contributed by atoms with Gasteiger partial charge in [-0.3, -0.25) is 4.79 Å². The molecule has 0 amide bonds. The van der Waals surface area contributed by atoms with Crippen LogP contribution < -0.4 is 15.4 Å². The van der Waals surface area contributed by atoms with E-state index in [0.29, 0.717) is 0 Å². The van der Waals surface area contributed by atoms with Gasteiger partial charge in [0.1, 0.15) is 5.82 Å². The molecule has 0 spiro atoms. The number of nitrogens with zero attached hydrogens (tertiary/aromatic N) is 3. The van der Waals surface area contributed by atoms with Crippen molar-refractivity contribution >= 4 is 11.4 Å². The van der Waals surface area contributed by atoms with Crippen molar-refractivity contribution in [3.8, 4) is 0 Å². The normalized spacial score (nSPS) is 15.4. The van der Waals surface area contributed by atoms with E-state index in [1.54, 1.807) is 24.4 Å². The predicted octanol–water partition coefficient (Wildman–Crippen LogP) is 1.24. The van der Waals surface area contributed by atoms with Crippen LogP contribution in [0.5, 0.6) is 0 Å². The summed E-state index contributed by atoms with van der Waals surface area (Å²) >= 11 is 0. The highest BCUT2D eigenvalue weighted by molar-refractivity contribution is 5.50. The molecule has 1 aromatic carbocycles. The van der Waals surface area contributed by atoms with Crippen molar-refractivity contribution in [1.82, 2.24) is 10.2 Å². The largest absolute Gasteiger partial charge is 0.368 e. The van der Waals surface area contributed by atoms with Crippen molar-refractivity contribution in [2.75, 3.05) is 36.0 Å². The first kappa shape index (κ1) is 12.7. The molecule has 1 N–H and O–H groups in total. The lowest BCUT2D eigenvalue weighted by Crippen LogP contribution is -2.46. The van der Waals surface area contributed by atoms with Gasteiger partial charge in [-0.2, -0.15) is 5.10 Å². The average molecular weight is 274 g/mol. The number of nitrogens with one attached hydrogen (secondary N) is 1. The van der Waals surface area contributed by atoms with Gasteiger partial charge in [-0.25, -0.2) is 9.49 Å². The van der Waals surface area contributed by atoms with Gasteiger partial charge in [-0.15, -0.1) is 0 Å².